The maximum Gasteiger partial charge on any atom is 0.254 e. The lowest BCUT2D eigenvalue weighted by molar-refractivity contribution is 0.0679. The lowest BCUT2D eigenvalue weighted by Crippen LogP contribution is -2.40. The zero-order valence-corrected chi connectivity index (χ0v) is 14.1. The van der Waals surface area contributed by atoms with E-state index in [1.807, 2.05) is 0 Å². The van der Waals surface area contributed by atoms with Crippen LogP contribution in [0.15, 0.2) is 18.2 Å². The van der Waals surface area contributed by atoms with Crippen LogP contribution in [0.4, 0.5) is 8.78 Å². The standard InChI is InChI=1S/C18H24F2N2O3/c19-15-5-12(6-16(20)7-15)18(25)22-9-13(14(10-22)11-23)8-21-3-1-17(24)2-4-21/h5-7,13-14,17,23-24H,1-4,8-11H2/t13-,14-/m1/s1. The summed E-state index contributed by atoms with van der Waals surface area (Å²) in [6.07, 6.45) is 1.23. The molecule has 7 heteroatoms. The molecule has 0 aromatic heterocycles. The molecule has 2 fully saturated rings. The lowest BCUT2D eigenvalue weighted by Gasteiger charge is -2.32. The average Bonchev–Trinajstić information content (AvgIpc) is 2.98. The predicted octanol–water partition coefficient (Wildman–Crippen LogP) is 1.10. The third-order valence-electron chi connectivity index (χ3n) is 5.26. The molecule has 25 heavy (non-hydrogen) atoms. The van der Waals surface area contributed by atoms with Crippen molar-refractivity contribution in [1.29, 1.82) is 0 Å². The summed E-state index contributed by atoms with van der Waals surface area (Å²) in [6.45, 7) is 3.18. The fourth-order valence-corrected chi connectivity index (χ4v) is 3.81. The Balaban J connectivity index is 1.65. The number of piperidine rings is 1. The van der Waals surface area contributed by atoms with Gasteiger partial charge in [-0.05, 0) is 30.9 Å². The molecule has 138 valence electrons. The van der Waals surface area contributed by atoms with Gasteiger partial charge < -0.3 is 20.0 Å². The Hall–Kier alpha value is -1.57. The number of carbonyl (C=O) groups excluding carboxylic acids is 1. The molecule has 5 nitrogen and oxygen atoms in total. The Morgan fingerprint density at radius 3 is 2.28 bits per heavy atom. The van der Waals surface area contributed by atoms with Gasteiger partial charge in [-0.3, -0.25) is 4.79 Å². The fourth-order valence-electron chi connectivity index (χ4n) is 3.81. The molecular formula is C18H24F2N2O3. The van der Waals surface area contributed by atoms with E-state index in [-0.39, 0.29) is 30.1 Å². The van der Waals surface area contributed by atoms with Crippen LogP contribution in [0.5, 0.6) is 0 Å². The summed E-state index contributed by atoms with van der Waals surface area (Å²) in [7, 11) is 0. The Labute approximate surface area is 145 Å². The first-order valence-corrected chi connectivity index (χ1v) is 8.73. The average molecular weight is 354 g/mol. The van der Waals surface area contributed by atoms with Gasteiger partial charge in [0.1, 0.15) is 11.6 Å². The highest BCUT2D eigenvalue weighted by atomic mass is 19.1. The molecule has 0 radical (unpaired) electrons. The molecule has 2 aliphatic heterocycles. The van der Waals surface area contributed by atoms with Crippen LogP contribution in [0.1, 0.15) is 23.2 Å². The minimum absolute atomic E-state index is 0.00376. The second-order valence-corrected chi connectivity index (χ2v) is 7.10. The molecule has 2 N–H and O–H groups in total. The van der Waals surface area contributed by atoms with E-state index in [0.717, 1.165) is 50.7 Å². The SMILES string of the molecule is O=C(c1cc(F)cc(F)c1)N1C[C@@H](CN2CCC(O)CC2)[C@@H](CO)C1. The van der Waals surface area contributed by atoms with Crippen LogP contribution in [0.25, 0.3) is 0 Å². The molecule has 0 aliphatic carbocycles. The molecule has 0 unspecified atom stereocenters. The quantitative estimate of drug-likeness (QED) is 0.850. The molecule has 0 bridgehead atoms. The van der Waals surface area contributed by atoms with Crippen molar-refractivity contribution in [3.05, 3.63) is 35.4 Å². The highest BCUT2D eigenvalue weighted by Crippen LogP contribution is 2.27. The maximum atomic E-state index is 13.4. The van der Waals surface area contributed by atoms with Gasteiger partial charge in [0.2, 0.25) is 0 Å². The summed E-state index contributed by atoms with van der Waals surface area (Å²) in [6, 6.07) is 2.82. The number of halogens is 2. The van der Waals surface area contributed by atoms with E-state index in [4.69, 9.17) is 0 Å². The van der Waals surface area contributed by atoms with Crippen molar-refractivity contribution in [1.82, 2.24) is 9.80 Å². The number of amides is 1. The van der Waals surface area contributed by atoms with Gasteiger partial charge in [-0.2, -0.15) is 0 Å². The fraction of sp³-hybridized carbons (Fsp3) is 0.611. The van der Waals surface area contributed by atoms with Gasteiger partial charge >= 0.3 is 0 Å². The normalized spacial score (nSPS) is 25.5. The zero-order chi connectivity index (χ0) is 18.0. The van der Waals surface area contributed by atoms with Gasteiger partial charge in [0.05, 0.1) is 6.10 Å². The van der Waals surface area contributed by atoms with Gasteiger partial charge in [0.25, 0.3) is 5.91 Å². The topological polar surface area (TPSA) is 64.0 Å². The van der Waals surface area contributed by atoms with E-state index in [1.165, 1.54) is 0 Å². The van der Waals surface area contributed by atoms with Crippen LogP contribution >= 0.6 is 0 Å². The van der Waals surface area contributed by atoms with E-state index >= 15 is 0 Å². The molecule has 1 aromatic rings. The number of hydrogen-bond acceptors (Lipinski definition) is 4. The minimum atomic E-state index is -0.773. The van der Waals surface area contributed by atoms with Crippen molar-refractivity contribution in [3.63, 3.8) is 0 Å². The van der Waals surface area contributed by atoms with Crippen LogP contribution in [-0.2, 0) is 0 Å². The summed E-state index contributed by atoms with van der Waals surface area (Å²) in [5, 5.41) is 19.2. The highest BCUT2D eigenvalue weighted by molar-refractivity contribution is 5.94. The van der Waals surface area contributed by atoms with Gasteiger partial charge in [-0.15, -0.1) is 0 Å². The van der Waals surface area contributed by atoms with Crippen LogP contribution in [-0.4, -0.2) is 71.4 Å². The summed E-state index contributed by atoms with van der Waals surface area (Å²) in [4.78, 5) is 16.4. The molecule has 2 atom stereocenters. The molecular weight excluding hydrogens is 330 g/mol. The van der Waals surface area contributed by atoms with E-state index in [9.17, 15) is 23.8 Å². The largest absolute Gasteiger partial charge is 0.396 e. The second-order valence-electron chi connectivity index (χ2n) is 7.10. The monoisotopic (exact) mass is 354 g/mol. The molecule has 2 heterocycles. The first kappa shape index (κ1) is 18.2. The van der Waals surface area contributed by atoms with Crippen molar-refractivity contribution in [2.75, 3.05) is 39.3 Å². The number of carbonyl (C=O) groups is 1. The van der Waals surface area contributed by atoms with Crippen LogP contribution in [0.2, 0.25) is 0 Å². The third kappa shape index (κ3) is 4.34. The van der Waals surface area contributed by atoms with Crippen LogP contribution in [0, 0.1) is 23.5 Å². The predicted molar refractivity (Wildman–Crippen MR) is 88.0 cm³/mol. The molecule has 1 amide bonds. The molecule has 2 saturated heterocycles. The number of aliphatic hydroxyl groups excluding tert-OH is 2. The van der Waals surface area contributed by atoms with Crippen LogP contribution < -0.4 is 0 Å². The Morgan fingerprint density at radius 2 is 1.68 bits per heavy atom. The lowest BCUT2D eigenvalue weighted by atomic mass is 9.95. The number of aliphatic hydroxyl groups is 2. The van der Waals surface area contributed by atoms with Crippen molar-refractivity contribution < 1.29 is 23.8 Å². The molecule has 0 spiro atoms. The Bertz CT molecular complexity index is 600. The Morgan fingerprint density at radius 1 is 1.08 bits per heavy atom. The van der Waals surface area contributed by atoms with Crippen LogP contribution in [0.3, 0.4) is 0 Å². The zero-order valence-electron chi connectivity index (χ0n) is 14.1. The summed E-state index contributed by atoms with van der Waals surface area (Å²) >= 11 is 0. The van der Waals surface area contributed by atoms with E-state index in [1.54, 1.807) is 4.90 Å². The van der Waals surface area contributed by atoms with Crippen molar-refractivity contribution in [2.45, 2.75) is 18.9 Å². The molecule has 0 saturated carbocycles. The van der Waals surface area contributed by atoms with Gasteiger partial charge in [-0.25, -0.2) is 8.78 Å². The number of hydrogen-bond donors (Lipinski definition) is 2. The summed E-state index contributed by atoms with van der Waals surface area (Å²) < 4.78 is 26.7. The third-order valence-corrected chi connectivity index (χ3v) is 5.26. The van der Waals surface area contributed by atoms with E-state index < -0.39 is 17.5 Å². The Kier molecular flexibility index (Phi) is 5.66. The molecule has 1 aromatic carbocycles. The first-order chi connectivity index (χ1) is 12.0. The smallest absolute Gasteiger partial charge is 0.254 e. The van der Waals surface area contributed by atoms with Gasteiger partial charge in [-0.1, -0.05) is 0 Å². The second kappa shape index (κ2) is 7.76. The van der Waals surface area contributed by atoms with E-state index in [0.29, 0.717) is 13.1 Å². The minimum Gasteiger partial charge on any atom is -0.396 e. The number of benzene rings is 1. The van der Waals surface area contributed by atoms with Crippen molar-refractivity contribution >= 4 is 5.91 Å². The first-order valence-electron chi connectivity index (χ1n) is 8.73. The molecule has 2 aliphatic rings. The van der Waals surface area contributed by atoms with Crippen molar-refractivity contribution in [3.8, 4) is 0 Å². The summed E-state index contributed by atoms with van der Waals surface area (Å²) in [5.74, 6) is -1.89. The number of likely N-dealkylation sites (tertiary alicyclic amines) is 2. The number of nitrogens with zero attached hydrogens (tertiary/aromatic N) is 2. The highest BCUT2D eigenvalue weighted by Gasteiger charge is 2.36. The van der Waals surface area contributed by atoms with Gasteiger partial charge in [0, 0.05) is 56.9 Å². The number of rotatable bonds is 4. The van der Waals surface area contributed by atoms with E-state index in [2.05, 4.69) is 4.90 Å². The van der Waals surface area contributed by atoms with Gasteiger partial charge in [0.15, 0.2) is 0 Å². The summed E-state index contributed by atoms with van der Waals surface area (Å²) in [5.41, 5.74) is -0.00376. The van der Waals surface area contributed by atoms with Crippen molar-refractivity contribution in [2.24, 2.45) is 11.8 Å². The maximum absolute atomic E-state index is 13.4. The molecule has 3 rings (SSSR count).